The molecule has 0 saturated heterocycles. The molecule has 2 aromatic heterocycles. The number of benzene rings is 4. The smallest absolute Gasteiger partial charge is 0.328 e. The summed E-state index contributed by atoms with van der Waals surface area (Å²) in [6, 6.07) is 32.5. The number of aromatic nitrogens is 4. The highest BCUT2D eigenvalue weighted by Gasteiger charge is 2.16. The minimum Gasteiger partial charge on any atom is -0.439 e. The zero-order valence-corrected chi connectivity index (χ0v) is 23.6. The summed E-state index contributed by atoms with van der Waals surface area (Å²) in [6.07, 6.45) is 0. The zero-order chi connectivity index (χ0) is 29.9. The first kappa shape index (κ1) is 26.7. The Morgan fingerprint density at radius 3 is 1.05 bits per heavy atom. The largest absolute Gasteiger partial charge is 0.439 e. The third-order valence-corrected chi connectivity index (χ3v) is 6.16. The predicted octanol–water partition coefficient (Wildman–Crippen LogP) is 8.95. The van der Waals surface area contributed by atoms with Crippen LogP contribution in [0.1, 0.15) is 11.1 Å². The summed E-state index contributed by atoms with van der Waals surface area (Å²) in [7, 11) is 0. The van der Waals surface area contributed by atoms with E-state index in [9.17, 15) is 0 Å². The van der Waals surface area contributed by atoms with Crippen molar-refractivity contribution in [2.45, 2.75) is 13.8 Å². The molecule has 10 heteroatoms. The van der Waals surface area contributed by atoms with Crippen molar-refractivity contribution in [3.63, 3.8) is 0 Å². The number of fused-ring (bicyclic) bond motifs is 8. The molecule has 1 aliphatic rings. The van der Waals surface area contributed by atoms with E-state index < -0.39 is 0 Å². The van der Waals surface area contributed by atoms with Crippen LogP contribution in [0.25, 0.3) is 0 Å². The van der Waals surface area contributed by atoms with Gasteiger partial charge in [0.1, 0.15) is 34.5 Å². The van der Waals surface area contributed by atoms with Gasteiger partial charge in [0.2, 0.25) is 23.5 Å². The molecule has 0 fully saturated rings. The monoisotopic (exact) mass is 584 g/mol. The minimum atomic E-state index is 0.0485. The van der Waals surface area contributed by atoms with Crippen molar-refractivity contribution >= 4 is 0 Å². The summed E-state index contributed by atoms with van der Waals surface area (Å²) in [6.45, 7) is 3.84. The van der Waals surface area contributed by atoms with Crippen LogP contribution in [0.4, 0.5) is 0 Å². The van der Waals surface area contributed by atoms with Gasteiger partial charge in [0.25, 0.3) is 0 Å². The summed E-state index contributed by atoms with van der Waals surface area (Å²) < 4.78 is 36.6. The zero-order valence-electron chi connectivity index (χ0n) is 23.6. The molecule has 0 spiro atoms. The maximum Gasteiger partial charge on any atom is 0.328 e. The Kier molecular flexibility index (Phi) is 7.05. The van der Waals surface area contributed by atoms with Crippen molar-refractivity contribution in [2.24, 2.45) is 0 Å². The number of rotatable bonds is 4. The van der Waals surface area contributed by atoms with Crippen molar-refractivity contribution in [3.8, 4) is 70.0 Å². The molecule has 0 N–H and O–H groups in total. The lowest BCUT2D eigenvalue weighted by Crippen LogP contribution is -2.00. The molecule has 0 unspecified atom stereocenters. The second kappa shape index (κ2) is 11.6. The summed E-state index contributed by atoms with van der Waals surface area (Å²) in [5.74, 6) is 3.80. The van der Waals surface area contributed by atoms with E-state index in [2.05, 4.69) is 19.9 Å². The highest BCUT2D eigenvalue weighted by Crippen LogP contribution is 2.36. The van der Waals surface area contributed by atoms with E-state index in [1.54, 1.807) is 48.5 Å². The molecule has 0 saturated carbocycles. The van der Waals surface area contributed by atoms with Gasteiger partial charge in [0, 0.05) is 12.1 Å². The number of aryl methyl sites for hydroxylation is 2. The molecule has 10 nitrogen and oxygen atoms in total. The van der Waals surface area contributed by atoms with Crippen LogP contribution in [0.2, 0.25) is 0 Å². The van der Waals surface area contributed by atoms with Gasteiger partial charge >= 0.3 is 12.0 Å². The molecule has 1 aliphatic heterocycles. The van der Waals surface area contributed by atoms with Crippen LogP contribution in [0.5, 0.6) is 70.0 Å². The van der Waals surface area contributed by atoms with E-state index >= 15 is 0 Å². The normalized spacial score (nSPS) is 11.7. The lowest BCUT2D eigenvalue weighted by molar-refractivity contribution is 0.377. The molecule has 0 amide bonds. The van der Waals surface area contributed by atoms with Gasteiger partial charge in [-0.05, 0) is 73.5 Å². The number of hydrogen-bond donors (Lipinski definition) is 0. The Morgan fingerprint density at radius 1 is 0.409 bits per heavy atom. The van der Waals surface area contributed by atoms with Crippen LogP contribution in [0, 0.1) is 13.8 Å². The molecule has 8 bridgehead atoms. The maximum atomic E-state index is 6.18. The summed E-state index contributed by atoms with van der Waals surface area (Å²) in [4.78, 5) is 17.9. The molecular weight excluding hydrogens is 560 g/mol. The van der Waals surface area contributed by atoms with E-state index in [0.717, 1.165) is 11.1 Å². The molecule has 0 radical (unpaired) electrons. The standard InChI is InChI=1S/C34H24N4O6/c1-21-13-25-17-26(14-21)40-30-20-32(38-34(36-30)44-24-11-7-4-8-12-24)42-28-16-22(2)15-27(18-28)41-31-19-29(39-25)35-33(37-31)43-23-9-5-3-6-10-23/h3-20H,1-2H3. The van der Waals surface area contributed by atoms with Gasteiger partial charge in [-0.25, -0.2) is 0 Å². The van der Waals surface area contributed by atoms with Crippen LogP contribution in [0.15, 0.2) is 109 Å². The van der Waals surface area contributed by atoms with E-state index in [4.69, 9.17) is 28.4 Å². The van der Waals surface area contributed by atoms with Crippen LogP contribution in [-0.2, 0) is 0 Å². The molecule has 3 heterocycles. The Bertz CT molecular complexity index is 1730. The molecule has 0 atom stereocenters. The van der Waals surface area contributed by atoms with Crippen molar-refractivity contribution < 1.29 is 28.4 Å². The van der Waals surface area contributed by atoms with Crippen molar-refractivity contribution in [3.05, 3.63) is 120 Å². The number of ether oxygens (including phenoxy) is 6. The Balaban J connectivity index is 1.32. The second-order valence-corrected chi connectivity index (χ2v) is 9.86. The lowest BCUT2D eigenvalue weighted by Gasteiger charge is -2.15. The van der Waals surface area contributed by atoms with Crippen LogP contribution in [0.3, 0.4) is 0 Å². The average molecular weight is 585 g/mol. The predicted molar refractivity (Wildman–Crippen MR) is 160 cm³/mol. The second-order valence-electron chi connectivity index (χ2n) is 9.86. The third-order valence-electron chi connectivity index (χ3n) is 6.16. The van der Waals surface area contributed by atoms with Gasteiger partial charge in [-0.3, -0.25) is 0 Å². The first-order valence-electron chi connectivity index (χ1n) is 13.7. The Labute approximate surface area is 252 Å². The summed E-state index contributed by atoms with van der Waals surface area (Å²) in [5.41, 5.74) is 1.75. The first-order chi connectivity index (χ1) is 21.5. The van der Waals surface area contributed by atoms with Crippen LogP contribution >= 0.6 is 0 Å². The van der Waals surface area contributed by atoms with E-state index in [0.29, 0.717) is 34.5 Å². The highest BCUT2D eigenvalue weighted by molar-refractivity contribution is 5.45. The van der Waals surface area contributed by atoms with Gasteiger partial charge in [0.15, 0.2) is 0 Å². The van der Waals surface area contributed by atoms with Gasteiger partial charge in [-0.15, -0.1) is 0 Å². The molecule has 6 aromatic rings. The van der Waals surface area contributed by atoms with Crippen LogP contribution in [-0.4, -0.2) is 19.9 Å². The number of nitrogens with zero attached hydrogens (tertiary/aromatic N) is 4. The van der Waals surface area contributed by atoms with Gasteiger partial charge in [0.05, 0.1) is 12.1 Å². The fourth-order valence-corrected chi connectivity index (χ4v) is 4.40. The van der Waals surface area contributed by atoms with Gasteiger partial charge in [-0.1, -0.05) is 36.4 Å². The number of hydrogen-bond acceptors (Lipinski definition) is 10. The number of para-hydroxylation sites is 2. The van der Waals surface area contributed by atoms with Crippen molar-refractivity contribution in [2.75, 3.05) is 0 Å². The van der Waals surface area contributed by atoms with Crippen molar-refractivity contribution in [1.29, 1.82) is 0 Å². The van der Waals surface area contributed by atoms with E-state index in [-0.39, 0.29) is 35.5 Å². The van der Waals surface area contributed by atoms with Gasteiger partial charge in [-0.2, -0.15) is 19.9 Å². The topological polar surface area (TPSA) is 107 Å². The SMILES string of the molecule is Cc1cc2cc(c1)Oc1cc(nc(Oc3ccccc3)n1)Oc1cc(C)cc(c1)Oc1cc(nc(Oc3ccccc3)n1)O2. The molecule has 7 rings (SSSR count). The minimum absolute atomic E-state index is 0.0485. The van der Waals surface area contributed by atoms with Crippen LogP contribution < -0.4 is 28.4 Å². The van der Waals surface area contributed by atoms with Gasteiger partial charge < -0.3 is 28.4 Å². The van der Waals surface area contributed by atoms with E-state index in [1.165, 1.54) is 0 Å². The lowest BCUT2D eigenvalue weighted by atomic mass is 10.2. The highest BCUT2D eigenvalue weighted by atomic mass is 16.5. The van der Waals surface area contributed by atoms with Crippen molar-refractivity contribution in [1.82, 2.24) is 19.9 Å². The quantitative estimate of drug-likeness (QED) is 0.199. The fourth-order valence-electron chi connectivity index (χ4n) is 4.40. The average Bonchev–Trinajstić information content (AvgIpc) is 2.97. The molecule has 4 aromatic carbocycles. The third kappa shape index (κ3) is 6.50. The first-order valence-corrected chi connectivity index (χ1v) is 13.7. The Hall–Kier alpha value is -6.16. The molecule has 216 valence electrons. The Morgan fingerprint density at radius 2 is 0.727 bits per heavy atom. The van der Waals surface area contributed by atoms with E-state index in [1.807, 2.05) is 74.5 Å². The summed E-state index contributed by atoms with van der Waals surface area (Å²) >= 11 is 0. The maximum absolute atomic E-state index is 6.18. The molecular formula is C34H24N4O6. The summed E-state index contributed by atoms with van der Waals surface area (Å²) in [5, 5.41) is 0. The fraction of sp³-hybridized carbons (Fsp3) is 0.0588. The molecule has 0 aliphatic carbocycles. The molecule has 44 heavy (non-hydrogen) atoms.